The minimum atomic E-state index is 0.0113. The van der Waals surface area contributed by atoms with E-state index in [-0.39, 0.29) is 11.8 Å². The van der Waals surface area contributed by atoms with Gasteiger partial charge in [0.15, 0.2) is 8.68 Å². The average molecular weight is 375 g/mol. The summed E-state index contributed by atoms with van der Waals surface area (Å²) in [6.45, 7) is 2.72. The summed E-state index contributed by atoms with van der Waals surface area (Å²) in [7, 11) is 0. The highest BCUT2D eigenvalue weighted by Crippen LogP contribution is 2.28. The second-order valence-electron chi connectivity index (χ2n) is 5.31. The number of thioether (sulfide) groups is 2. The fourth-order valence-electron chi connectivity index (χ4n) is 2.22. The average Bonchev–Trinajstić information content (AvgIpc) is 3.20. The van der Waals surface area contributed by atoms with Crippen molar-refractivity contribution in [3.63, 3.8) is 0 Å². The molecule has 1 aliphatic rings. The summed E-state index contributed by atoms with van der Waals surface area (Å²) in [5, 5.41) is 14.0. The molecule has 9 heteroatoms. The highest BCUT2D eigenvalue weighted by molar-refractivity contribution is 8.03. The third-order valence-electron chi connectivity index (χ3n) is 3.33. The van der Waals surface area contributed by atoms with Crippen molar-refractivity contribution in [3.8, 4) is 0 Å². The molecule has 0 aliphatic heterocycles. The van der Waals surface area contributed by atoms with Crippen molar-refractivity contribution >= 4 is 46.7 Å². The normalized spacial score (nSPS) is 14.8. The lowest BCUT2D eigenvalue weighted by molar-refractivity contribution is -0.119. The maximum absolute atomic E-state index is 11.9. The Kier molecular flexibility index (Phi) is 8.18. The molecular weight excluding hydrogens is 352 g/mol. The van der Waals surface area contributed by atoms with Crippen LogP contribution in [0.25, 0.3) is 0 Å². The van der Waals surface area contributed by atoms with Crippen molar-refractivity contribution in [1.82, 2.24) is 20.8 Å². The molecule has 2 rings (SSSR count). The van der Waals surface area contributed by atoms with Crippen LogP contribution in [0, 0.1) is 0 Å². The van der Waals surface area contributed by atoms with Crippen molar-refractivity contribution < 1.29 is 9.59 Å². The number of nitrogens with zero attached hydrogens (tertiary/aromatic N) is 2. The van der Waals surface area contributed by atoms with Crippen LogP contribution in [-0.4, -0.2) is 46.1 Å². The van der Waals surface area contributed by atoms with Gasteiger partial charge in [-0.3, -0.25) is 9.59 Å². The van der Waals surface area contributed by atoms with E-state index in [9.17, 15) is 9.59 Å². The van der Waals surface area contributed by atoms with E-state index < -0.39 is 0 Å². The molecule has 1 aromatic heterocycles. The standard InChI is InChI=1S/C14H22N4O2S3/c1-2-7-15-11(19)8-21-13-17-18-14(23-13)22-9-12(20)16-10-5-3-4-6-10/h10H,2-9H2,1H3,(H,15,19)(H,16,20). The number of rotatable bonds is 9. The predicted octanol–water partition coefficient (Wildman–Crippen LogP) is 2.31. The van der Waals surface area contributed by atoms with Crippen LogP contribution >= 0.6 is 34.9 Å². The first-order valence-corrected chi connectivity index (χ1v) is 10.6. The highest BCUT2D eigenvalue weighted by Gasteiger charge is 2.17. The Morgan fingerprint density at radius 3 is 2.35 bits per heavy atom. The molecule has 0 atom stereocenters. The molecule has 0 radical (unpaired) electrons. The maximum atomic E-state index is 11.9. The van der Waals surface area contributed by atoms with Crippen molar-refractivity contribution in [2.45, 2.75) is 53.7 Å². The van der Waals surface area contributed by atoms with E-state index in [1.807, 2.05) is 6.92 Å². The first-order chi connectivity index (χ1) is 11.2. The summed E-state index contributed by atoms with van der Waals surface area (Å²) >= 11 is 4.21. The Bertz CT molecular complexity index is 518. The molecule has 0 spiro atoms. The molecule has 0 saturated heterocycles. The molecule has 128 valence electrons. The number of carbonyl (C=O) groups excluding carboxylic acids is 2. The summed E-state index contributed by atoms with van der Waals surface area (Å²) in [4.78, 5) is 23.4. The Balaban J connectivity index is 1.65. The van der Waals surface area contributed by atoms with Crippen LogP contribution in [0.2, 0.25) is 0 Å². The third-order valence-corrected chi connectivity index (χ3v) is 6.52. The Hall–Kier alpha value is -0.800. The van der Waals surface area contributed by atoms with Crippen molar-refractivity contribution in [2.75, 3.05) is 18.1 Å². The summed E-state index contributed by atoms with van der Waals surface area (Å²) in [6.07, 6.45) is 5.53. The number of amides is 2. The van der Waals surface area contributed by atoms with Gasteiger partial charge in [-0.1, -0.05) is 54.6 Å². The SMILES string of the molecule is CCCNC(=O)CSc1nnc(SCC(=O)NC2CCCC2)s1. The highest BCUT2D eigenvalue weighted by atomic mass is 32.2. The van der Waals surface area contributed by atoms with Gasteiger partial charge in [-0.25, -0.2) is 0 Å². The molecule has 1 fully saturated rings. The molecule has 2 amide bonds. The molecule has 1 aliphatic carbocycles. The minimum absolute atomic E-state index is 0.0113. The second-order valence-corrected chi connectivity index (χ2v) is 8.73. The predicted molar refractivity (Wildman–Crippen MR) is 95.1 cm³/mol. The van der Waals surface area contributed by atoms with Gasteiger partial charge in [0.05, 0.1) is 11.5 Å². The topological polar surface area (TPSA) is 84.0 Å². The van der Waals surface area contributed by atoms with E-state index in [0.29, 0.717) is 24.1 Å². The lowest BCUT2D eigenvalue weighted by Crippen LogP contribution is -2.33. The lowest BCUT2D eigenvalue weighted by atomic mass is 10.2. The van der Waals surface area contributed by atoms with Gasteiger partial charge in [0.2, 0.25) is 11.8 Å². The van der Waals surface area contributed by atoms with Gasteiger partial charge in [-0.2, -0.15) is 0 Å². The Morgan fingerprint density at radius 2 is 1.74 bits per heavy atom. The quantitative estimate of drug-likeness (QED) is 0.645. The zero-order valence-corrected chi connectivity index (χ0v) is 15.6. The summed E-state index contributed by atoms with van der Waals surface area (Å²) < 4.78 is 1.53. The molecule has 0 aromatic carbocycles. The zero-order valence-electron chi connectivity index (χ0n) is 13.2. The van der Waals surface area contributed by atoms with Crippen LogP contribution in [0.1, 0.15) is 39.0 Å². The summed E-state index contributed by atoms with van der Waals surface area (Å²) in [5.74, 6) is 0.788. The van der Waals surface area contributed by atoms with Crippen molar-refractivity contribution in [3.05, 3.63) is 0 Å². The summed E-state index contributed by atoms with van der Waals surface area (Å²) in [5.41, 5.74) is 0. The van der Waals surface area contributed by atoms with Gasteiger partial charge in [0, 0.05) is 12.6 Å². The van der Waals surface area contributed by atoms with Crippen LogP contribution in [0.15, 0.2) is 8.68 Å². The van der Waals surface area contributed by atoms with E-state index in [0.717, 1.165) is 27.9 Å². The smallest absolute Gasteiger partial charge is 0.230 e. The molecular formula is C14H22N4O2S3. The van der Waals surface area contributed by atoms with E-state index >= 15 is 0 Å². The molecule has 1 aromatic rings. The van der Waals surface area contributed by atoms with Gasteiger partial charge in [-0.15, -0.1) is 10.2 Å². The van der Waals surface area contributed by atoms with Crippen LogP contribution in [0.5, 0.6) is 0 Å². The fourth-order valence-corrected chi connectivity index (χ4v) is 4.88. The van der Waals surface area contributed by atoms with Crippen LogP contribution < -0.4 is 10.6 Å². The van der Waals surface area contributed by atoms with Crippen LogP contribution in [-0.2, 0) is 9.59 Å². The van der Waals surface area contributed by atoms with E-state index in [2.05, 4.69) is 20.8 Å². The number of hydrogen-bond acceptors (Lipinski definition) is 7. The van der Waals surface area contributed by atoms with Gasteiger partial charge < -0.3 is 10.6 Å². The zero-order chi connectivity index (χ0) is 16.5. The Morgan fingerprint density at radius 1 is 1.13 bits per heavy atom. The van der Waals surface area contributed by atoms with E-state index in [1.165, 1.54) is 47.7 Å². The molecule has 1 heterocycles. The molecule has 6 nitrogen and oxygen atoms in total. The fraction of sp³-hybridized carbons (Fsp3) is 0.714. The number of aromatic nitrogens is 2. The lowest BCUT2D eigenvalue weighted by Gasteiger charge is -2.10. The molecule has 2 N–H and O–H groups in total. The largest absolute Gasteiger partial charge is 0.355 e. The monoisotopic (exact) mass is 374 g/mol. The summed E-state index contributed by atoms with van der Waals surface area (Å²) in [6, 6.07) is 0.352. The van der Waals surface area contributed by atoms with Crippen LogP contribution in [0.4, 0.5) is 0 Å². The van der Waals surface area contributed by atoms with Gasteiger partial charge >= 0.3 is 0 Å². The molecule has 1 saturated carbocycles. The first-order valence-electron chi connectivity index (χ1n) is 7.82. The van der Waals surface area contributed by atoms with E-state index in [4.69, 9.17) is 0 Å². The minimum Gasteiger partial charge on any atom is -0.355 e. The van der Waals surface area contributed by atoms with E-state index in [1.54, 1.807) is 0 Å². The number of nitrogens with one attached hydrogen (secondary N) is 2. The van der Waals surface area contributed by atoms with Gasteiger partial charge in [-0.05, 0) is 19.3 Å². The second kappa shape index (κ2) is 10.1. The van der Waals surface area contributed by atoms with Gasteiger partial charge in [0.1, 0.15) is 0 Å². The number of carbonyl (C=O) groups is 2. The third kappa shape index (κ3) is 7.09. The van der Waals surface area contributed by atoms with Crippen LogP contribution in [0.3, 0.4) is 0 Å². The van der Waals surface area contributed by atoms with Crippen molar-refractivity contribution in [1.29, 1.82) is 0 Å². The molecule has 23 heavy (non-hydrogen) atoms. The van der Waals surface area contributed by atoms with Crippen molar-refractivity contribution in [2.24, 2.45) is 0 Å². The Labute approximate surface area is 149 Å². The maximum Gasteiger partial charge on any atom is 0.230 e. The molecule has 0 bridgehead atoms. The molecule has 0 unspecified atom stereocenters. The first kappa shape index (κ1) is 18.5. The van der Waals surface area contributed by atoms with Gasteiger partial charge in [0.25, 0.3) is 0 Å². The number of hydrogen-bond donors (Lipinski definition) is 2.